The molecule has 0 atom stereocenters. The van der Waals surface area contributed by atoms with E-state index in [1.165, 1.54) is 10.1 Å². The monoisotopic (exact) mass is 340 g/mol. The van der Waals surface area contributed by atoms with Crippen molar-refractivity contribution in [2.45, 2.75) is 0 Å². The summed E-state index contributed by atoms with van der Waals surface area (Å²) in [7, 11) is 0. The molecule has 0 N–H and O–H groups in total. The lowest BCUT2D eigenvalue weighted by molar-refractivity contribution is -0.123. The third kappa shape index (κ3) is 3.64. The molecule has 23 heavy (non-hydrogen) atoms. The van der Waals surface area contributed by atoms with Gasteiger partial charge in [0.15, 0.2) is 0 Å². The molecule has 0 unspecified atom stereocenters. The van der Waals surface area contributed by atoms with Gasteiger partial charge in [0.1, 0.15) is 0 Å². The Morgan fingerprint density at radius 1 is 0.870 bits per heavy atom. The van der Waals surface area contributed by atoms with Gasteiger partial charge in [0.25, 0.3) is 0 Å². The van der Waals surface area contributed by atoms with Gasteiger partial charge >= 0.3 is 12.4 Å². The van der Waals surface area contributed by atoms with Crippen LogP contribution in [0.15, 0.2) is 65.4 Å². The Morgan fingerprint density at radius 2 is 1.57 bits per heavy atom. The van der Waals surface area contributed by atoms with Crippen molar-refractivity contribution in [3.05, 3.63) is 70.9 Å². The largest absolute Gasteiger partial charge is 0.392 e. The minimum Gasteiger partial charge on any atom is -0.392 e. The maximum absolute atomic E-state index is 11.2. The summed E-state index contributed by atoms with van der Waals surface area (Å²) in [6.07, 6.45) is 0. The number of hydrogen-bond acceptors (Lipinski definition) is 5. The molecule has 0 fully saturated rings. The fourth-order valence-electron chi connectivity index (χ4n) is 2.10. The third-order valence-electron chi connectivity index (χ3n) is 3.21. The number of ether oxygens (including phenoxy) is 1. The summed E-state index contributed by atoms with van der Waals surface area (Å²) in [5.41, 5.74) is 0.395. The van der Waals surface area contributed by atoms with E-state index in [1.807, 2.05) is 17.5 Å². The molecule has 4 aromatic rings. The molecule has 3 nitrogen and oxygen atoms in total. The number of carbonyl (C=O) groups excluding carboxylic acids is 2. The molecule has 0 saturated heterocycles. The highest BCUT2D eigenvalue weighted by Crippen LogP contribution is 2.22. The number of hydrogen-bond donors (Lipinski definition) is 0. The van der Waals surface area contributed by atoms with Crippen LogP contribution in [0, 0.1) is 0 Å². The van der Waals surface area contributed by atoms with Crippen molar-refractivity contribution >= 4 is 55.3 Å². The molecule has 0 aliphatic heterocycles. The van der Waals surface area contributed by atoms with Crippen molar-refractivity contribution in [2.24, 2.45) is 0 Å². The third-order valence-corrected chi connectivity index (χ3v) is 4.99. The number of fused-ring (bicyclic) bond motifs is 2. The van der Waals surface area contributed by atoms with Gasteiger partial charge in [-0.1, -0.05) is 24.3 Å². The van der Waals surface area contributed by atoms with Crippen LogP contribution in [0.4, 0.5) is 0 Å². The second-order valence-electron chi connectivity index (χ2n) is 4.63. The van der Waals surface area contributed by atoms with Gasteiger partial charge < -0.3 is 4.74 Å². The van der Waals surface area contributed by atoms with E-state index in [0.717, 1.165) is 10.1 Å². The number of esters is 1. The lowest BCUT2D eigenvalue weighted by Gasteiger charge is -1.96. The second-order valence-corrected chi connectivity index (χ2v) is 6.53. The molecule has 2 heterocycles. The average molecular weight is 340 g/mol. The summed E-state index contributed by atoms with van der Waals surface area (Å²) in [6, 6.07) is 17.7. The van der Waals surface area contributed by atoms with Gasteiger partial charge in [0.05, 0.1) is 5.56 Å². The van der Waals surface area contributed by atoms with Crippen molar-refractivity contribution in [3.8, 4) is 0 Å². The van der Waals surface area contributed by atoms with Crippen LogP contribution in [0.25, 0.3) is 20.2 Å². The lowest BCUT2D eigenvalue weighted by Crippen LogP contribution is -2.02. The zero-order chi connectivity index (χ0) is 16.1. The van der Waals surface area contributed by atoms with Crippen LogP contribution in [0.5, 0.6) is 0 Å². The molecule has 0 spiro atoms. The van der Waals surface area contributed by atoms with Crippen molar-refractivity contribution in [3.63, 3.8) is 0 Å². The zero-order valence-corrected chi connectivity index (χ0v) is 13.6. The summed E-state index contributed by atoms with van der Waals surface area (Å²) >= 11 is 3.33. The molecule has 4 rings (SSSR count). The molecule has 0 aliphatic rings. The molecule has 0 saturated carbocycles. The molecule has 2 aromatic carbocycles. The Labute approximate surface area is 140 Å². The topological polar surface area (TPSA) is 43.4 Å². The molecule has 0 bridgehead atoms. The first-order chi connectivity index (χ1) is 11.3. The van der Waals surface area contributed by atoms with Crippen LogP contribution in [-0.2, 0) is 9.53 Å². The van der Waals surface area contributed by atoms with Gasteiger partial charge in [-0.05, 0) is 51.9 Å². The molecule has 2 aromatic heterocycles. The van der Waals surface area contributed by atoms with E-state index in [0.29, 0.717) is 5.56 Å². The van der Waals surface area contributed by atoms with Crippen LogP contribution < -0.4 is 0 Å². The maximum atomic E-state index is 11.2. The second kappa shape index (κ2) is 7.17. The molecular formula is C18H12O3S2. The minimum absolute atomic E-state index is 0.140. The minimum atomic E-state index is -0.615. The van der Waals surface area contributed by atoms with Gasteiger partial charge in [-0.15, -0.1) is 22.7 Å². The van der Waals surface area contributed by atoms with E-state index < -0.39 is 5.97 Å². The SMILES string of the molecule is O=COC(=O)c1ccc2ccsc2c1.c1ccc2sccc2c1. The van der Waals surface area contributed by atoms with Gasteiger partial charge in [0, 0.05) is 9.40 Å². The highest BCUT2D eigenvalue weighted by atomic mass is 32.1. The summed E-state index contributed by atoms with van der Waals surface area (Å²) in [6.45, 7) is 0.140. The average Bonchev–Trinajstić information content (AvgIpc) is 3.23. The molecule has 0 amide bonds. The number of benzene rings is 2. The first-order valence-corrected chi connectivity index (χ1v) is 8.58. The normalized spacial score (nSPS) is 10.1. The first-order valence-electron chi connectivity index (χ1n) is 6.82. The van der Waals surface area contributed by atoms with Crippen LogP contribution in [0.1, 0.15) is 10.4 Å². The van der Waals surface area contributed by atoms with Crippen LogP contribution >= 0.6 is 22.7 Å². The van der Waals surface area contributed by atoms with Gasteiger partial charge in [-0.25, -0.2) is 4.79 Å². The van der Waals surface area contributed by atoms with Crippen LogP contribution in [0.2, 0.25) is 0 Å². The fourth-order valence-corrected chi connectivity index (χ4v) is 3.72. The van der Waals surface area contributed by atoms with Crippen molar-refractivity contribution in [1.82, 2.24) is 0 Å². The number of rotatable bonds is 2. The smallest absolute Gasteiger partial charge is 0.345 e. The van der Waals surface area contributed by atoms with Gasteiger partial charge in [-0.3, -0.25) is 4.79 Å². The fraction of sp³-hybridized carbons (Fsp3) is 0. The molecular weight excluding hydrogens is 328 g/mol. The van der Waals surface area contributed by atoms with Crippen LogP contribution in [-0.4, -0.2) is 12.4 Å². The van der Waals surface area contributed by atoms with E-state index in [4.69, 9.17) is 0 Å². The zero-order valence-electron chi connectivity index (χ0n) is 12.0. The highest BCUT2D eigenvalue weighted by molar-refractivity contribution is 7.17. The van der Waals surface area contributed by atoms with Crippen molar-refractivity contribution in [2.75, 3.05) is 0 Å². The van der Waals surface area contributed by atoms with E-state index in [1.54, 1.807) is 34.8 Å². The summed E-state index contributed by atoms with van der Waals surface area (Å²) in [5, 5.41) is 6.49. The predicted octanol–water partition coefficient (Wildman–Crippen LogP) is 5.12. The van der Waals surface area contributed by atoms with Crippen LogP contribution in [0.3, 0.4) is 0 Å². The van der Waals surface area contributed by atoms with Gasteiger partial charge in [-0.2, -0.15) is 0 Å². The number of carbonyl (C=O) groups is 2. The quantitative estimate of drug-likeness (QED) is 0.289. The maximum Gasteiger partial charge on any atom is 0.345 e. The van der Waals surface area contributed by atoms with Gasteiger partial charge in [0.2, 0.25) is 0 Å². The Morgan fingerprint density at radius 3 is 2.30 bits per heavy atom. The Kier molecular flexibility index (Phi) is 4.80. The summed E-state index contributed by atoms with van der Waals surface area (Å²) in [4.78, 5) is 21.1. The van der Waals surface area contributed by atoms with E-state index >= 15 is 0 Å². The lowest BCUT2D eigenvalue weighted by atomic mass is 10.2. The highest BCUT2D eigenvalue weighted by Gasteiger charge is 2.07. The van der Waals surface area contributed by atoms with E-state index in [9.17, 15) is 9.59 Å². The predicted molar refractivity (Wildman–Crippen MR) is 95.1 cm³/mol. The standard InChI is InChI=1S/C10H6O3S.C8H6S/c11-6-13-10(12)8-2-1-7-3-4-14-9(7)5-8;1-2-4-8-7(3-1)5-6-9-8/h1-6H;1-6H. The van der Waals surface area contributed by atoms with Crippen molar-refractivity contribution in [1.29, 1.82) is 0 Å². The summed E-state index contributed by atoms with van der Waals surface area (Å²) in [5.74, 6) is -0.615. The molecule has 0 radical (unpaired) electrons. The molecule has 114 valence electrons. The van der Waals surface area contributed by atoms with E-state index in [2.05, 4.69) is 40.4 Å². The van der Waals surface area contributed by atoms with E-state index in [-0.39, 0.29) is 6.47 Å². The molecule has 0 aliphatic carbocycles. The Hall–Kier alpha value is -2.50. The summed E-state index contributed by atoms with van der Waals surface area (Å²) < 4.78 is 6.62. The van der Waals surface area contributed by atoms with Crippen molar-refractivity contribution < 1.29 is 14.3 Å². The first kappa shape index (κ1) is 15.4. The Balaban J connectivity index is 0.000000149. The number of thiophene rings is 2. The molecule has 5 heteroatoms. The Bertz CT molecular complexity index is 923.